The molecule has 0 aliphatic carbocycles. The van der Waals surface area contributed by atoms with Crippen molar-refractivity contribution in [2.75, 3.05) is 0 Å². The van der Waals surface area contributed by atoms with Crippen molar-refractivity contribution >= 4 is 6.08 Å². The molecule has 0 saturated carbocycles. The summed E-state index contributed by atoms with van der Waals surface area (Å²) in [5, 5.41) is 0. The lowest BCUT2D eigenvalue weighted by Gasteiger charge is -2.32. The van der Waals surface area contributed by atoms with E-state index in [1.54, 1.807) is 0 Å². The van der Waals surface area contributed by atoms with Gasteiger partial charge in [0.25, 0.3) is 0 Å². The van der Waals surface area contributed by atoms with Crippen molar-refractivity contribution in [3.05, 3.63) is 83.6 Å². The molecule has 0 amide bonds. The third-order valence-electron chi connectivity index (χ3n) is 3.24. The van der Waals surface area contributed by atoms with E-state index < -0.39 is 0 Å². The van der Waals surface area contributed by atoms with Crippen LogP contribution in [0.2, 0.25) is 0 Å². The average Bonchev–Trinajstić information content (AvgIpc) is 2.45. The van der Waals surface area contributed by atoms with Crippen molar-refractivity contribution in [1.82, 2.24) is 4.90 Å². The van der Waals surface area contributed by atoms with Crippen LogP contribution in [-0.4, -0.2) is 4.90 Å². The van der Waals surface area contributed by atoms with Crippen molar-refractivity contribution in [2.45, 2.75) is 0 Å². The van der Waals surface area contributed by atoms with Gasteiger partial charge in [-0.15, -0.1) is 0 Å². The zero-order chi connectivity index (χ0) is 11.9. The lowest BCUT2D eigenvalue weighted by Crippen LogP contribution is -2.24. The van der Waals surface area contributed by atoms with E-state index in [1.165, 1.54) is 0 Å². The molecule has 0 aromatic heterocycles. The highest BCUT2D eigenvalue weighted by Gasteiger charge is 2.25. The summed E-state index contributed by atoms with van der Waals surface area (Å²) < 4.78 is 5.93. The van der Waals surface area contributed by atoms with E-state index in [4.69, 9.17) is 4.74 Å². The number of hydrogen-bond acceptors (Lipinski definition) is 2. The first-order chi connectivity index (χ1) is 8.92. The van der Waals surface area contributed by atoms with Gasteiger partial charge < -0.3 is 9.64 Å². The maximum absolute atomic E-state index is 5.93. The third kappa shape index (κ3) is 1.29. The van der Waals surface area contributed by atoms with Crippen LogP contribution in [0.3, 0.4) is 0 Å². The minimum Gasteiger partial charge on any atom is -0.455 e. The molecule has 1 aromatic rings. The van der Waals surface area contributed by atoms with Crippen LogP contribution in [0.5, 0.6) is 5.75 Å². The minimum atomic E-state index is 0.900. The molecule has 2 heteroatoms. The number of ether oxygens (including phenoxy) is 1. The van der Waals surface area contributed by atoms with Gasteiger partial charge in [-0.2, -0.15) is 0 Å². The molecule has 3 aliphatic heterocycles. The summed E-state index contributed by atoms with van der Waals surface area (Å²) in [4.78, 5) is 2.14. The fraction of sp³-hybridized carbons (Fsp3) is 0. The first-order valence-corrected chi connectivity index (χ1v) is 5.97. The van der Waals surface area contributed by atoms with Gasteiger partial charge in [0.05, 0.1) is 5.70 Å². The van der Waals surface area contributed by atoms with Crippen molar-refractivity contribution < 1.29 is 4.74 Å². The molecule has 3 heterocycles. The number of hydrogen-bond donors (Lipinski definition) is 0. The number of fused-ring (bicyclic) bond motifs is 4. The molecule has 0 unspecified atom stereocenters. The summed E-state index contributed by atoms with van der Waals surface area (Å²) in [6.45, 7) is 0. The average molecular weight is 233 g/mol. The van der Waals surface area contributed by atoms with E-state index in [-0.39, 0.29) is 0 Å². The number of nitrogens with zero attached hydrogens (tertiary/aromatic N) is 1. The lowest BCUT2D eigenvalue weighted by atomic mass is 10.0. The predicted octanol–water partition coefficient (Wildman–Crippen LogP) is 3.59. The van der Waals surface area contributed by atoms with Gasteiger partial charge in [-0.25, -0.2) is 0 Å². The van der Waals surface area contributed by atoms with Crippen LogP contribution >= 0.6 is 0 Å². The second-order valence-electron chi connectivity index (χ2n) is 4.36. The largest absolute Gasteiger partial charge is 0.455 e. The van der Waals surface area contributed by atoms with Crippen LogP contribution in [0.4, 0.5) is 0 Å². The van der Waals surface area contributed by atoms with Crippen LogP contribution in [0.25, 0.3) is 6.08 Å². The van der Waals surface area contributed by atoms with Crippen LogP contribution in [0.1, 0.15) is 5.56 Å². The maximum atomic E-state index is 5.93. The molecule has 0 spiro atoms. The molecule has 0 radical (unpaired) electrons. The summed E-state index contributed by atoms with van der Waals surface area (Å²) in [7, 11) is 0. The van der Waals surface area contributed by atoms with Gasteiger partial charge in [-0.3, -0.25) is 0 Å². The van der Waals surface area contributed by atoms with Crippen molar-refractivity contribution in [3.8, 4) is 5.75 Å². The molecular weight excluding hydrogens is 222 g/mol. The highest BCUT2D eigenvalue weighted by Crippen LogP contribution is 2.37. The predicted molar refractivity (Wildman–Crippen MR) is 71.3 cm³/mol. The Morgan fingerprint density at radius 2 is 1.94 bits per heavy atom. The summed E-state index contributed by atoms with van der Waals surface area (Å²) >= 11 is 0. The summed E-state index contributed by atoms with van der Waals surface area (Å²) in [6, 6.07) is 8.08. The molecule has 0 bridgehead atoms. The van der Waals surface area contributed by atoms with Gasteiger partial charge in [0.2, 0.25) is 0 Å². The van der Waals surface area contributed by atoms with Crippen LogP contribution in [-0.2, 0) is 0 Å². The first kappa shape index (κ1) is 9.54. The van der Waals surface area contributed by atoms with E-state index in [9.17, 15) is 0 Å². The maximum Gasteiger partial charge on any atom is 0.151 e. The first-order valence-electron chi connectivity index (χ1n) is 5.97. The number of allylic oxidation sites excluding steroid dienone is 5. The van der Waals surface area contributed by atoms with Crippen LogP contribution in [0.15, 0.2) is 78.0 Å². The molecule has 0 atom stereocenters. The highest BCUT2D eigenvalue weighted by molar-refractivity contribution is 5.68. The molecule has 86 valence electrons. The van der Waals surface area contributed by atoms with Crippen molar-refractivity contribution in [1.29, 1.82) is 0 Å². The quantitative estimate of drug-likeness (QED) is 0.679. The van der Waals surface area contributed by atoms with Crippen molar-refractivity contribution in [2.24, 2.45) is 0 Å². The van der Waals surface area contributed by atoms with E-state index in [0.29, 0.717) is 0 Å². The molecule has 4 rings (SSSR count). The zero-order valence-corrected chi connectivity index (χ0v) is 9.71. The van der Waals surface area contributed by atoms with Gasteiger partial charge in [-0.05, 0) is 36.4 Å². The smallest absolute Gasteiger partial charge is 0.151 e. The molecule has 0 fully saturated rings. The fourth-order valence-corrected chi connectivity index (χ4v) is 2.36. The lowest BCUT2D eigenvalue weighted by molar-refractivity contribution is 0.393. The Bertz CT molecular complexity index is 674. The van der Waals surface area contributed by atoms with E-state index in [2.05, 4.69) is 35.4 Å². The summed E-state index contributed by atoms with van der Waals surface area (Å²) in [6.07, 6.45) is 14.5. The molecule has 3 aliphatic rings. The summed E-state index contributed by atoms with van der Waals surface area (Å²) in [5.41, 5.74) is 3.37. The Hall–Kier alpha value is -2.48. The Balaban J connectivity index is 1.89. The fourth-order valence-electron chi connectivity index (χ4n) is 2.36. The summed E-state index contributed by atoms with van der Waals surface area (Å²) in [5.74, 6) is 1.82. The molecule has 0 saturated heterocycles. The molecule has 2 nitrogen and oxygen atoms in total. The number of rotatable bonds is 0. The number of benzene rings is 1. The molecule has 0 N–H and O–H groups in total. The Labute approximate surface area is 105 Å². The van der Waals surface area contributed by atoms with Crippen LogP contribution in [0, 0.1) is 0 Å². The topological polar surface area (TPSA) is 12.5 Å². The van der Waals surface area contributed by atoms with Gasteiger partial charge in [0.1, 0.15) is 5.75 Å². The highest BCUT2D eigenvalue weighted by atomic mass is 16.5. The van der Waals surface area contributed by atoms with E-state index in [0.717, 1.165) is 28.5 Å². The van der Waals surface area contributed by atoms with E-state index in [1.807, 2.05) is 36.4 Å². The standard InChI is InChI=1S/C16H11NO/c1-2-7-15-12(5-1)11-14-16(18-15)9-8-13-6-3-4-10-17(13)14/h1-11H. The Morgan fingerprint density at radius 3 is 2.94 bits per heavy atom. The Kier molecular flexibility index (Phi) is 1.86. The molecule has 1 aromatic carbocycles. The second-order valence-corrected chi connectivity index (χ2v) is 4.36. The third-order valence-corrected chi connectivity index (χ3v) is 3.24. The van der Waals surface area contributed by atoms with E-state index >= 15 is 0 Å². The minimum absolute atomic E-state index is 0.900. The number of para-hydroxylation sites is 1. The Morgan fingerprint density at radius 1 is 1.00 bits per heavy atom. The van der Waals surface area contributed by atoms with Gasteiger partial charge >= 0.3 is 0 Å². The zero-order valence-electron chi connectivity index (χ0n) is 9.71. The normalized spacial score (nSPS) is 18.9. The molecular formula is C16H11NO. The SMILES string of the molecule is C1=CC2=CC=C3Oc4ccccc4C=C3N2C=C1. The van der Waals surface area contributed by atoms with Gasteiger partial charge in [0.15, 0.2) is 5.76 Å². The van der Waals surface area contributed by atoms with Crippen molar-refractivity contribution in [3.63, 3.8) is 0 Å². The van der Waals surface area contributed by atoms with Gasteiger partial charge in [-0.1, -0.05) is 24.3 Å². The van der Waals surface area contributed by atoms with Gasteiger partial charge in [0, 0.05) is 17.5 Å². The monoisotopic (exact) mass is 233 g/mol. The molecule has 18 heavy (non-hydrogen) atoms. The second kappa shape index (κ2) is 3.50. The van der Waals surface area contributed by atoms with Crippen LogP contribution < -0.4 is 4.74 Å².